The van der Waals surface area contributed by atoms with Crippen LogP contribution < -0.4 is 5.69 Å². The summed E-state index contributed by atoms with van der Waals surface area (Å²) < 4.78 is 3.34. The summed E-state index contributed by atoms with van der Waals surface area (Å²) >= 11 is 5.96. The second-order valence-electron chi connectivity index (χ2n) is 3.86. The van der Waals surface area contributed by atoms with E-state index in [-0.39, 0.29) is 5.69 Å². The highest BCUT2D eigenvalue weighted by molar-refractivity contribution is 6.30. The smallest absolute Gasteiger partial charge is 0.299 e. The first kappa shape index (κ1) is 11.9. The van der Waals surface area contributed by atoms with E-state index in [4.69, 9.17) is 11.6 Å². The first-order valence-corrected chi connectivity index (χ1v) is 5.95. The van der Waals surface area contributed by atoms with E-state index in [9.17, 15) is 4.79 Å². The molecule has 0 amide bonds. The van der Waals surface area contributed by atoms with Gasteiger partial charge in [-0.25, -0.2) is 9.78 Å². The maximum atomic E-state index is 11.9. The fraction of sp³-hybridized carbons (Fsp3) is 0.333. The zero-order chi connectivity index (χ0) is 12.3. The highest BCUT2D eigenvalue weighted by atomic mass is 35.5. The van der Waals surface area contributed by atoms with Crippen molar-refractivity contribution in [3.63, 3.8) is 0 Å². The molecule has 0 radical (unpaired) electrons. The Morgan fingerprint density at radius 1 is 1.35 bits per heavy atom. The summed E-state index contributed by atoms with van der Waals surface area (Å²) in [6.45, 7) is 3.25. The van der Waals surface area contributed by atoms with E-state index < -0.39 is 0 Å². The molecule has 0 fully saturated rings. The second-order valence-corrected chi connectivity index (χ2v) is 4.21. The summed E-state index contributed by atoms with van der Waals surface area (Å²) in [5, 5.41) is 0.447. The molecule has 0 unspecified atom stereocenters. The summed E-state index contributed by atoms with van der Waals surface area (Å²) in [5.74, 6) is 0. The van der Waals surface area contributed by atoms with Gasteiger partial charge in [-0.05, 0) is 12.5 Å². The Kier molecular flexibility index (Phi) is 3.64. The first-order valence-electron chi connectivity index (χ1n) is 5.57. The molecule has 2 aromatic heterocycles. The second kappa shape index (κ2) is 5.19. The van der Waals surface area contributed by atoms with Gasteiger partial charge in [-0.15, -0.1) is 0 Å². The molecule has 0 saturated carbocycles. The van der Waals surface area contributed by atoms with Crippen LogP contribution in [0.5, 0.6) is 0 Å². The Balaban J connectivity index is 2.25. The molecule has 2 aromatic rings. The number of aryl methyl sites for hydroxylation is 1. The van der Waals surface area contributed by atoms with Crippen molar-refractivity contribution in [3.05, 3.63) is 51.9 Å². The molecule has 5 heteroatoms. The molecule has 0 bridgehead atoms. The van der Waals surface area contributed by atoms with Crippen LogP contribution in [-0.4, -0.2) is 14.1 Å². The van der Waals surface area contributed by atoms with Crippen molar-refractivity contribution in [1.29, 1.82) is 0 Å². The molecule has 0 aliphatic heterocycles. The number of nitrogens with zero attached hydrogens (tertiary/aromatic N) is 3. The molecule has 0 aromatic carbocycles. The lowest BCUT2D eigenvalue weighted by Gasteiger charge is -2.03. The van der Waals surface area contributed by atoms with E-state index in [0.717, 1.165) is 18.5 Å². The van der Waals surface area contributed by atoms with E-state index in [1.54, 1.807) is 27.7 Å². The third kappa shape index (κ3) is 2.58. The predicted octanol–water partition coefficient (Wildman–Crippen LogP) is 2.16. The Labute approximate surface area is 104 Å². The van der Waals surface area contributed by atoms with Crippen molar-refractivity contribution in [2.24, 2.45) is 0 Å². The fourth-order valence-electron chi connectivity index (χ4n) is 1.71. The van der Waals surface area contributed by atoms with Gasteiger partial charge in [-0.2, -0.15) is 0 Å². The third-order valence-corrected chi connectivity index (χ3v) is 2.90. The van der Waals surface area contributed by atoms with Crippen LogP contribution in [0.15, 0.2) is 35.5 Å². The van der Waals surface area contributed by atoms with Crippen LogP contribution in [0, 0.1) is 0 Å². The zero-order valence-corrected chi connectivity index (χ0v) is 10.4. The summed E-state index contributed by atoms with van der Waals surface area (Å²) in [4.78, 5) is 15.9. The molecule has 2 rings (SSSR count). The topological polar surface area (TPSA) is 39.8 Å². The van der Waals surface area contributed by atoms with Crippen molar-refractivity contribution in [2.75, 3.05) is 0 Å². The summed E-state index contributed by atoms with van der Waals surface area (Å²) in [6, 6.07) is 3.69. The molecule has 2 heterocycles. The van der Waals surface area contributed by atoms with Crippen LogP contribution in [0.3, 0.4) is 0 Å². The van der Waals surface area contributed by atoms with Crippen molar-refractivity contribution in [2.45, 2.75) is 26.4 Å². The van der Waals surface area contributed by atoms with Gasteiger partial charge in [-0.1, -0.05) is 24.6 Å². The normalized spacial score (nSPS) is 10.7. The molecule has 0 N–H and O–H groups in total. The summed E-state index contributed by atoms with van der Waals surface area (Å²) in [7, 11) is 0. The van der Waals surface area contributed by atoms with E-state index in [1.165, 1.54) is 0 Å². The van der Waals surface area contributed by atoms with Crippen LogP contribution in [-0.2, 0) is 13.1 Å². The number of halogens is 1. The van der Waals surface area contributed by atoms with E-state index in [1.807, 2.05) is 19.1 Å². The molecule has 0 aliphatic carbocycles. The molecule has 90 valence electrons. The van der Waals surface area contributed by atoms with Gasteiger partial charge in [0.25, 0.3) is 0 Å². The van der Waals surface area contributed by atoms with Crippen molar-refractivity contribution in [3.8, 4) is 0 Å². The lowest BCUT2D eigenvalue weighted by Crippen LogP contribution is -2.24. The van der Waals surface area contributed by atoms with Gasteiger partial charge in [0.05, 0.1) is 6.54 Å². The lowest BCUT2D eigenvalue weighted by atomic mass is 10.3. The number of hydrogen-bond acceptors (Lipinski definition) is 2. The minimum absolute atomic E-state index is 0.00762. The fourth-order valence-corrected chi connectivity index (χ4v) is 1.88. The minimum atomic E-state index is -0.00762. The van der Waals surface area contributed by atoms with Gasteiger partial charge in [0.1, 0.15) is 5.15 Å². The molecule has 0 aliphatic rings. The van der Waals surface area contributed by atoms with E-state index >= 15 is 0 Å². The Morgan fingerprint density at radius 2 is 2.12 bits per heavy atom. The number of rotatable bonds is 4. The van der Waals surface area contributed by atoms with Crippen LogP contribution in [0.25, 0.3) is 0 Å². The van der Waals surface area contributed by atoms with Gasteiger partial charge >= 0.3 is 5.69 Å². The highest BCUT2D eigenvalue weighted by Gasteiger charge is 2.05. The zero-order valence-electron chi connectivity index (χ0n) is 9.64. The third-order valence-electron chi connectivity index (χ3n) is 2.56. The molecule has 17 heavy (non-hydrogen) atoms. The van der Waals surface area contributed by atoms with Crippen molar-refractivity contribution in [1.82, 2.24) is 14.1 Å². The predicted molar refractivity (Wildman–Crippen MR) is 67.3 cm³/mol. The monoisotopic (exact) mass is 251 g/mol. The average molecular weight is 252 g/mol. The van der Waals surface area contributed by atoms with Gasteiger partial charge in [0.15, 0.2) is 0 Å². The SMILES string of the molecule is CCCn1ccn(Cc2cccnc2Cl)c1=O. The van der Waals surface area contributed by atoms with Crippen LogP contribution in [0.2, 0.25) is 5.15 Å². The maximum absolute atomic E-state index is 11.9. The van der Waals surface area contributed by atoms with Gasteiger partial charge in [0.2, 0.25) is 0 Å². The Morgan fingerprint density at radius 3 is 2.82 bits per heavy atom. The lowest BCUT2D eigenvalue weighted by molar-refractivity contribution is 0.624. The van der Waals surface area contributed by atoms with Crippen LogP contribution >= 0.6 is 11.6 Å². The van der Waals surface area contributed by atoms with E-state index in [2.05, 4.69) is 4.98 Å². The average Bonchev–Trinajstić information content (AvgIpc) is 2.65. The number of hydrogen-bond donors (Lipinski definition) is 0. The Bertz CT molecular complexity index is 559. The van der Waals surface area contributed by atoms with Crippen molar-refractivity contribution < 1.29 is 0 Å². The maximum Gasteiger partial charge on any atom is 0.328 e. The molecule has 0 saturated heterocycles. The summed E-state index contributed by atoms with van der Waals surface area (Å²) in [6.07, 6.45) is 6.16. The highest BCUT2D eigenvalue weighted by Crippen LogP contribution is 2.12. The first-order chi connectivity index (χ1) is 8.22. The van der Waals surface area contributed by atoms with Gasteiger partial charge in [-0.3, -0.25) is 9.13 Å². The van der Waals surface area contributed by atoms with Crippen molar-refractivity contribution >= 4 is 11.6 Å². The number of aromatic nitrogens is 3. The number of imidazole rings is 1. The largest absolute Gasteiger partial charge is 0.328 e. The molecule has 0 spiro atoms. The number of pyridine rings is 1. The summed E-state index contributed by atoms with van der Waals surface area (Å²) in [5.41, 5.74) is 0.845. The van der Waals surface area contributed by atoms with Gasteiger partial charge < -0.3 is 0 Å². The standard InChI is InChI=1S/C12H14ClN3O/c1-2-6-15-7-8-16(12(15)17)9-10-4-3-5-14-11(10)13/h3-5,7-8H,2,6,9H2,1H3. The van der Waals surface area contributed by atoms with Crippen LogP contribution in [0.1, 0.15) is 18.9 Å². The van der Waals surface area contributed by atoms with E-state index in [0.29, 0.717) is 11.7 Å². The van der Waals surface area contributed by atoms with Gasteiger partial charge in [0, 0.05) is 30.7 Å². The molecule has 0 atom stereocenters. The Hall–Kier alpha value is -1.55. The quantitative estimate of drug-likeness (QED) is 0.782. The minimum Gasteiger partial charge on any atom is -0.299 e. The molecular formula is C12H14ClN3O. The van der Waals surface area contributed by atoms with Crippen LogP contribution in [0.4, 0.5) is 0 Å². The molecule has 4 nitrogen and oxygen atoms in total. The molecular weight excluding hydrogens is 238 g/mol.